The van der Waals surface area contributed by atoms with Crippen molar-refractivity contribution >= 4 is 37.7 Å². The zero-order valence-corrected chi connectivity index (χ0v) is 11.5. The van der Waals surface area contributed by atoms with Crippen molar-refractivity contribution in [2.45, 2.75) is 25.3 Å². The van der Waals surface area contributed by atoms with Crippen LogP contribution in [0, 0.1) is 0 Å². The van der Waals surface area contributed by atoms with Crippen molar-refractivity contribution < 1.29 is 0 Å². The molecule has 82 valence electrons. The second-order valence-corrected chi connectivity index (χ2v) is 5.31. The van der Waals surface area contributed by atoms with E-state index in [9.17, 15) is 0 Å². The molecule has 0 bridgehead atoms. The van der Waals surface area contributed by atoms with E-state index in [0.29, 0.717) is 6.04 Å². The summed E-state index contributed by atoms with van der Waals surface area (Å²) in [4.78, 5) is 10.7. The highest BCUT2D eigenvalue weighted by Crippen LogP contribution is 2.30. The first kappa shape index (κ1) is 11.3. The fraction of sp³-hybridized carbons (Fsp3) is 0.600. The van der Waals surface area contributed by atoms with Gasteiger partial charge in [0, 0.05) is 24.1 Å². The van der Waals surface area contributed by atoms with Crippen molar-refractivity contribution in [3.63, 3.8) is 0 Å². The predicted octanol–water partition coefficient (Wildman–Crippen LogP) is 2.99. The minimum Gasteiger partial charge on any atom is -0.353 e. The largest absolute Gasteiger partial charge is 0.353 e. The van der Waals surface area contributed by atoms with Crippen molar-refractivity contribution in [1.29, 1.82) is 0 Å². The lowest BCUT2D eigenvalue weighted by atomic mass is 10.2. The van der Waals surface area contributed by atoms with Gasteiger partial charge in [-0.2, -0.15) is 0 Å². The van der Waals surface area contributed by atoms with E-state index in [4.69, 9.17) is 0 Å². The summed E-state index contributed by atoms with van der Waals surface area (Å²) in [5.41, 5.74) is 0. The van der Waals surface area contributed by atoms with Gasteiger partial charge in [0.2, 0.25) is 0 Å². The number of halogens is 2. The Bertz CT molecular complexity index is 332. The van der Waals surface area contributed by atoms with E-state index in [1.807, 2.05) is 6.20 Å². The molecule has 15 heavy (non-hydrogen) atoms. The van der Waals surface area contributed by atoms with Crippen LogP contribution in [0.15, 0.2) is 17.0 Å². The first-order valence-electron chi connectivity index (χ1n) is 5.11. The van der Waals surface area contributed by atoms with Crippen LogP contribution in [0.5, 0.6) is 0 Å². The van der Waals surface area contributed by atoms with E-state index in [1.54, 1.807) is 6.33 Å². The van der Waals surface area contributed by atoms with Crippen molar-refractivity contribution in [1.82, 2.24) is 9.97 Å². The van der Waals surface area contributed by atoms with Gasteiger partial charge in [0.05, 0.1) is 4.47 Å². The Morgan fingerprint density at radius 1 is 1.53 bits per heavy atom. The summed E-state index contributed by atoms with van der Waals surface area (Å²) in [5, 5.41) is 1.05. The third-order valence-corrected chi connectivity index (χ3v) is 3.76. The summed E-state index contributed by atoms with van der Waals surface area (Å²) in [6.07, 6.45) is 7.13. The summed E-state index contributed by atoms with van der Waals surface area (Å²) in [7, 11) is 0. The molecule has 0 amide bonds. The molecule has 0 radical (unpaired) electrons. The van der Waals surface area contributed by atoms with E-state index < -0.39 is 0 Å². The van der Waals surface area contributed by atoms with Crippen LogP contribution in [0.4, 0.5) is 5.82 Å². The zero-order chi connectivity index (χ0) is 10.7. The first-order chi connectivity index (χ1) is 7.33. The van der Waals surface area contributed by atoms with Gasteiger partial charge in [0.1, 0.15) is 12.1 Å². The van der Waals surface area contributed by atoms with Gasteiger partial charge in [-0.3, -0.25) is 0 Å². The van der Waals surface area contributed by atoms with Crippen LogP contribution in [-0.4, -0.2) is 27.9 Å². The molecule has 1 aromatic rings. The fourth-order valence-electron chi connectivity index (χ4n) is 2.06. The van der Waals surface area contributed by atoms with Crippen LogP contribution < -0.4 is 4.90 Å². The van der Waals surface area contributed by atoms with Crippen molar-refractivity contribution in [2.24, 2.45) is 0 Å². The van der Waals surface area contributed by atoms with Crippen molar-refractivity contribution in [3.8, 4) is 0 Å². The Hall–Kier alpha value is -0.160. The Morgan fingerprint density at radius 3 is 3.13 bits per heavy atom. The standard InChI is InChI=1S/C10H13Br2N3/c11-4-3-8-2-1-5-15(8)10-9(12)6-13-7-14-10/h6-8H,1-5H2. The van der Waals surface area contributed by atoms with Gasteiger partial charge in [0.15, 0.2) is 0 Å². The smallest absolute Gasteiger partial charge is 0.146 e. The third kappa shape index (κ3) is 2.50. The first-order valence-corrected chi connectivity index (χ1v) is 7.02. The summed E-state index contributed by atoms with van der Waals surface area (Å²) in [6.45, 7) is 1.10. The molecule has 0 spiro atoms. The summed E-state index contributed by atoms with van der Waals surface area (Å²) >= 11 is 7.01. The second kappa shape index (κ2) is 5.25. The molecule has 5 heteroatoms. The normalized spacial score (nSPS) is 20.9. The van der Waals surface area contributed by atoms with Gasteiger partial charge >= 0.3 is 0 Å². The Balaban J connectivity index is 2.19. The minimum absolute atomic E-state index is 0.621. The Labute approximate surface area is 107 Å². The molecule has 0 N–H and O–H groups in total. The fourth-order valence-corrected chi connectivity index (χ4v) is 3.04. The molecule has 2 rings (SSSR count). The van der Waals surface area contributed by atoms with Crippen LogP contribution in [0.1, 0.15) is 19.3 Å². The maximum atomic E-state index is 4.35. The molecule has 0 aromatic carbocycles. The third-order valence-electron chi connectivity index (χ3n) is 2.74. The number of anilines is 1. The SMILES string of the molecule is BrCCC1CCCN1c1ncncc1Br. The molecular formula is C10H13Br2N3. The highest BCUT2D eigenvalue weighted by Gasteiger charge is 2.26. The molecule has 1 aliphatic heterocycles. The molecule has 3 nitrogen and oxygen atoms in total. The molecule has 1 unspecified atom stereocenters. The summed E-state index contributed by atoms with van der Waals surface area (Å²) in [5.74, 6) is 1.04. The second-order valence-electron chi connectivity index (χ2n) is 3.66. The van der Waals surface area contributed by atoms with Crippen molar-refractivity contribution in [3.05, 3.63) is 17.0 Å². The molecule has 0 saturated carbocycles. The van der Waals surface area contributed by atoms with Gasteiger partial charge in [-0.1, -0.05) is 15.9 Å². The quantitative estimate of drug-likeness (QED) is 0.796. The molecule has 0 aliphatic carbocycles. The molecule has 1 aromatic heterocycles. The summed E-state index contributed by atoms with van der Waals surface area (Å²) in [6, 6.07) is 0.621. The molecule has 1 atom stereocenters. The minimum atomic E-state index is 0.621. The Kier molecular flexibility index (Phi) is 3.97. The van der Waals surface area contributed by atoms with Crippen molar-refractivity contribution in [2.75, 3.05) is 16.8 Å². The number of aromatic nitrogens is 2. The highest BCUT2D eigenvalue weighted by molar-refractivity contribution is 9.10. The topological polar surface area (TPSA) is 29.0 Å². The number of nitrogens with zero attached hydrogens (tertiary/aromatic N) is 3. The van der Waals surface area contributed by atoms with Gasteiger partial charge in [-0.15, -0.1) is 0 Å². The van der Waals surface area contributed by atoms with Gasteiger partial charge in [-0.05, 0) is 35.2 Å². The van der Waals surface area contributed by atoms with Gasteiger partial charge < -0.3 is 4.90 Å². The lowest BCUT2D eigenvalue weighted by molar-refractivity contribution is 0.646. The number of rotatable bonds is 3. The molecule has 1 saturated heterocycles. The lowest BCUT2D eigenvalue weighted by Crippen LogP contribution is -2.30. The highest BCUT2D eigenvalue weighted by atomic mass is 79.9. The van der Waals surface area contributed by atoms with E-state index >= 15 is 0 Å². The lowest BCUT2D eigenvalue weighted by Gasteiger charge is -2.25. The average molecular weight is 335 g/mol. The van der Waals surface area contributed by atoms with Gasteiger partial charge in [-0.25, -0.2) is 9.97 Å². The zero-order valence-electron chi connectivity index (χ0n) is 8.37. The molecule has 1 fully saturated rings. The number of hydrogen-bond acceptors (Lipinski definition) is 3. The predicted molar refractivity (Wildman–Crippen MR) is 68.5 cm³/mol. The maximum absolute atomic E-state index is 4.35. The molecular weight excluding hydrogens is 322 g/mol. The van der Waals surface area contributed by atoms with Crippen LogP contribution in [0.25, 0.3) is 0 Å². The van der Waals surface area contributed by atoms with Gasteiger partial charge in [0.25, 0.3) is 0 Å². The van der Waals surface area contributed by atoms with Crippen LogP contribution in [0.2, 0.25) is 0 Å². The van der Waals surface area contributed by atoms with E-state index in [1.165, 1.54) is 19.3 Å². The molecule has 2 heterocycles. The van der Waals surface area contributed by atoms with Crippen LogP contribution in [0.3, 0.4) is 0 Å². The van der Waals surface area contributed by atoms with E-state index in [2.05, 4.69) is 46.7 Å². The average Bonchev–Trinajstić information content (AvgIpc) is 2.67. The number of alkyl halides is 1. The maximum Gasteiger partial charge on any atom is 0.146 e. The van der Waals surface area contributed by atoms with Crippen LogP contribution in [-0.2, 0) is 0 Å². The van der Waals surface area contributed by atoms with E-state index in [-0.39, 0.29) is 0 Å². The molecule has 1 aliphatic rings. The number of hydrogen-bond donors (Lipinski definition) is 0. The monoisotopic (exact) mass is 333 g/mol. The van der Waals surface area contributed by atoms with Crippen LogP contribution >= 0.6 is 31.9 Å². The summed E-state index contributed by atoms with van der Waals surface area (Å²) < 4.78 is 0.992. The van der Waals surface area contributed by atoms with E-state index in [0.717, 1.165) is 22.2 Å². The Morgan fingerprint density at radius 2 is 2.40 bits per heavy atom.